The summed E-state index contributed by atoms with van der Waals surface area (Å²) in [6.07, 6.45) is 4.15. The van der Waals surface area contributed by atoms with Gasteiger partial charge >= 0.3 is 0 Å². The van der Waals surface area contributed by atoms with Gasteiger partial charge in [-0.2, -0.15) is 0 Å². The molecule has 0 radical (unpaired) electrons. The van der Waals surface area contributed by atoms with Gasteiger partial charge in [0.15, 0.2) is 0 Å². The molecule has 84 valence electrons. The van der Waals surface area contributed by atoms with Crippen molar-refractivity contribution in [2.24, 2.45) is 0 Å². The van der Waals surface area contributed by atoms with Gasteiger partial charge in [0, 0.05) is 30.2 Å². The van der Waals surface area contributed by atoms with Gasteiger partial charge in [-0.3, -0.25) is 4.79 Å². The van der Waals surface area contributed by atoms with E-state index >= 15 is 0 Å². The van der Waals surface area contributed by atoms with Crippen LogP contribution < -0.4 is 5.32 Å². The molecular formula is C10H10BrN3OS. The first-order valence-electron chi connectivity index (χ1n) is 4.75. The zero-order valence-corrected chi connectivity index (χ0v) is 10.8. The van der Waals surface area contributed by atoms with E-state index in [0.717, 1.165) is 15.9 Å². The highest BCUT2D eigenvalue weighted by molar-refractivity contribution is 9.11. The van der Waals surface area contributed by atoms with E-state index in [1.807, 2.05) is 11.4 Å². The van der Waals surface area contributed by atoms with Gasteiger partial charge in [0.1, 0.15) is 0 Å². The van der Waals surface area contributed by atoms with Gasteiger partial charge in [-0.05, 0) is 22.0 Å². The Morgan fingerprint density at radius 1 is 1.62 bits per heavy atom. The molecule has 2 N–H and O–H groups in total. The molecule has 16 heavy (non-hydrogen) atoms. The normalized spacial score (nSPS) is 10.3. The van der Waals surface area contributed by atoms with Crippen LogP contribution in [0.3, 0.4) is 0 Å². The summed E-state index contributed by atoms with van der Waals surface area (Å²) < 4.78 is 0.964. The van der Waals surface area contributed by atoms with E-state index in [4.69, 9.17) is 0 Å². The van der Waals surface area contributed by atoms with Crippen LogP contribution >= 0.6 is 27.3 Å². The summed E-state index contributed by atoms with van der Waals surface area (Å²) in [5.74, 6) is -0.0403. The average molecular weight is 300 g/mol. The van der Waals surface area contributed by atoms with Crippen LogP contribution in [0.2, 0.25) is 0 Å². The average Bonchev–Trinajstić information content (AvgIpc) is 2.89. The zero-order valence-electron chi connectivity index (χ0n) is 8.37. The molecule has 2 heterocycles. The highest BCUT2D eigenvalue weighted by atomic mass is 79.9. The lowest BCUT2D eigenvalue weighted by Crippen LogP contribution is -2.25. The molecule has 2 aromatic rings. The first-order valence-corrected chi connectivity index (χ1v) is 6.42. The minimum absolute atomic E-state index is 0.0403. The Hall–Kier alpha value is -1.14. The number of hydrogen-bond donors (Lipinski definition) is 2. The highest BCUT2D eigenvalue weighted by Crippen LogP contribution is 2.20. The maximum Gasteiger partial charge on any atom is 0.252 e. The molecule has 0 atom stereocenters. The number of imidazole rings is 1. The van der Waals surface area contributed by atoms with E-state index in [1.54, 1.807) is 12.5 Å². The molecule has 0 aromatic carbocycles. The standard InChI is InChI=1S/C10H10BrN3OS/c11-9-3-7(5-16-9)10(15)13-2-1-8-4-12-6-14-8/h3-6H,1-2H2,(H,12,14)(H,13,15). The molecule has 4 nitrogen and oxygen atoms in total. The molecule has 0 aliphatic heterocycles. The van der Waals surface area contributed by atoms with E-state index in [0.29, 0.717) is 12.1 Å². The predicted molar refractivity (Wildman–Crippen MR) is 66.6 cm³/mol. The topological polar surface area (TPSA) is 57.8 Å². The summed E-state index contributed by atoms with van der Waals surface area (Å²) >= 11 is 4.83. The first kappa shape index (κ1) is 11.3. The van der Waals surface area contributed by atoms with Crippen LogP contribution in [0, 0.1) is 0 Å². The van der Waals surface area contributed by atoms with E-state index < -0.39 is 0 Å². The van der Waals surface area contributed by atoms with Gasteiger partial charge in [-0.1, -0.05) is 0 Å². The number of aromatic amines is 1. The fourth-order valence-corrected chi connectivity index (χ4v) is 2.40. The fraction of sp³-hybridized carbons (Fsp3) is 0.200. The minimum Gasteiger partial charge on any atom is -0.352 e. The Balaban J connectivity index is 1.80. The minimum atomic E-state index is -0.0403. The molecule has 0 spiro atoms. The lowest BCUT2D eigenvalue weighted by Gasteiger charge is -2.01. The second-order valence-electron chi connectivity index (χ2n) is 3.22. The van der Waals surface area contributed by atoms with Crippen molar-refractivity contribution in [3.05, 3.63) is 39.0 Å². The molecule has 0 fully saturated rings. The number of halogens is 1. The number of amides is 1. The second kappa shape index (κ2) is 5.27. The van der Waals surface area contributed by atoms with Crippen LogP contribution in [-0.2, 0) is 6.42 Å². The summed E-state index contributed by atoms with van der Waals surface area (Å²) in [5, 5.41) is 4.68. The van der Waals surface area contributed by atoms with Crippen LogP contribution in [0.15, 0.2) is 27.8 Å². The third-order valence-electron chi connectivity index (χ3n) is 2.06. The van der Waals surface area contributed by atoms with Gasteiger partial charge < -0.3 is 10.3 Å². The number of hydrogen-bond acceptors (Lipinski definition) is 3. The van der Waals surface area contributed by atoms with E-state index in [1.165, 1.54) is 11.3 Å². The van der Waals surface area contributed by atoms with Gasteiger partial charge in [-0.15, -0.1) is 11.3 Å². The van der Waals surface area contributed by atoms with Crippen LogP contribution in [0.5, 0.6) is 0 Å². The maximum absolute atomic E-state index is 11.6. The Morgan fingerprint density at radius 3 is 3.12 bits per heavy atom. The molecule has 0 unspecified atom stereocenters. The van der Waals surface area contributed by atoms with Gasteiger partial charge in [0.25, 0.3) is 5.91 Å². The van der Waals surface area contributed by atoms with Crippen molar-refractivity contribution in [1.82, 2.24) is 15.3 Å². The summed E-state index contributed by atoms with van der Waals surface area (Å²) in [5.41, 5.74) is 1.72. The molecule has 0 saturated heterocycles. The molecule has 0 saturated carbocycles. The molecule has 0 aliphatic carbocycles. The molecule has 2 rings (SSSR count). The number of H-pyrrole nitrogens is 1. The van der Waals surface area contributed by atoms with Crippen molar-refractivity contribution < 1.29 is 4.79 Å². The van der Waals surface area contributed by atoms with Gasteiger partial charge in [0.2, 0.25) is 0 Å². The monoisotopic (exact) mass is 299 g/mol. The van der Waals surface area contributed by atoms with Crippen LogP contribution in [0.25, 0.3) is 0 Å². The quantitative estimate of drug-likeness (QED) is 0.909. The van der Waals surface area contributed by atoms with E-state index in [-0.39, 0.29) is 5.91 Å². The number of aromatic nitrogens is 2. The number of rotatable bonds is 4. The third-order valence-corrected chi connectivity index (χ3v) is 3.57. The molecule has 2 aromatic heterocycles. The third kappa shape index (κ3) is 2.93. The molecular weight excluding hydrogens is 290 g/mol. The number of nitrogens with one attached hydrogen (secondary N) is 2. The smallest absolute Gasteiger partial charge is 0.252 e. The Kier molecular flexibility index (Phi) is 3.74. The number of carbonyl (C=O) groups excluding carboxylic acids is 1. The molecule has 6 heteroatoms. The van der Waals surface area contributed by atoms with Crippen molar-refractivity contribution in [3.63, 3.8) is 0 Å². The summed E-state index contributed by atoms with van der Waals surface area (Å²) in [6.45, 7) is 0.606. The summed E-state index contributed by atoms with van der Waals surface area (Å²) in [6, 6.07) is 1.82. The van der Waals surface area contributed by atoms with Crippen LogP contribution in [-0.4, -0.2) is 22.4 Å². The Morgan fingerprint density at radius 2 is 2.50 bits per heavy atom. The lowest BCUT2D eigenvalue weighted by molar-refractivity contribution is 0.0954. The summed E-state index contributed by atoms with van der Waals surface area (Å²) in [7, 11) is 0. The molecule has 0 bridgehead atoms. The Labute approximate surface area is 105 Å². The molecule has 1 amide bonds. The van der Waals surface area contributed by atoms with Gasteiger partial charge in [0.05, 0.1) is 15.7 Å². The van der Waals surface area contributed by atoms with Crippen LogP contribution in [0.1, 0.15) is 16.1 Å². The fourth-order valence-electron chi connectivity index (χ4n) is 1.26. The predicted octanol–water partition coefficient (Wildman–Crippen LogP) is 2.21. The van der Waals surface area contributed by atoms with Gasteiger partial charge in [-0.25, -0.2) is 4.98 Å². The zero-order chi connectivity index (χ0) is 11.4. The van der Waals surface area contributed by atoms with Crippen molar-refractivity contribution in [1.29, 1.82) is 0 Å². The van der Waals surface area contributed by atoms with E-state index in [9.17, 15) is 4.79 Å². The highest BCUT2D eigenvalue weighted by Gasteiger charge is 2.06. The maximum atomic E-state index is 11.6. The van der Waals surface area contributed by atoms with Crippen molar-refractivity contribution in [3.8, 4) is 0 Å². The number of thiophene rings is 1. The van der Waals surface area contributed by atoms with Crippen molar-refractivity contribution >= 4 is 33.2 Å². The van der Waals surface area contributed by atoms with Crippen LogP contribution in [0.4, 0.5) is 0 Å². The molecule has 0 aliphatic rings. The lowest BCUT2D eigenvalue weighted by atomic mass is 10.3. The summed E-state index contributed by atoms with van der Waals surface area (Å²) in [4.78, 5) is 18.5. The van der Waals surface area contributed by atoms with Crippen molar-refractivity contribution in [2.75, 3.05) is 6.54 Å². The second-order valence-corrected chi connectivity index (χ2v) is 5.51. The Bertz CT molecular complexity index is 466. The SMILES string of the molecule is O=C(NCCc1cnc[nH]1)c1csc(Br)c1. The first-order chi connectivity index (χ1) is 7.75. The van der Waals surface area contributed by atoms with Crippen molar-refractivity contribution in [2.45, 2.75) is 6.42 Å². The number of carbonyl (C=O) groups is 1. The number of nitrogens with zero attached hydrogens (tertiary/aromatic N) is 1. The largest absolute Gasteiger partial charge is 0.352 e. The van der Waals surface area contributed by atoms with E-state index in [2.05, 4.69) is 31.2 Å².